The highest BCUT2D eigenvalue weighted by atomic mass is 35.5. The minimum absolute atomic E-state index is 0.201. The van der Waals surface area contributed by atoms with Crippen LogP contribution in [-0.4, -0.2) is 31.4 Å². The molecule has 2 rings (SSSR count). The molecule has 0 unspecified atom stereocenters. The molecule has 0 fully saturated rings. The van der Waals surface area contributed by atoms with Crippen LogP contribution in [-0.2, 0) is 14.6 Å². The van der Waals surface area contributed by atoms with Crippen LogP contribution in [0.5, 0.6) is 5.75 Å². The number of carboxylic acid groups (broad SMARTS) is 1. The van der Waals surface area contributed by atoms with Crippen molar-refractivity contribution >= 4 is 27.4 Å². The summed E-state index contributed by atoms with van der Waals surface area (Å²) >= 11 is 6.07. The van der Waals surface area contributed by atoms with Gasteiger partial charge in [0.05, 0.1) is 10.1 Å². The van der Waals surface area contributed by atoms with E-state index in [0.717, 1.165) is 5.56 Å². The van der Waals surface area contributed by atoms with Crippen molar-refractivity contribution < 1.29 is 23.1 Å². The van der Waals surface area contributed by atoms with E-state index in [1.165, 1.54) is 0 Å². The highest BCUT2D eigenvalue weighted by molar-refractivity contribution is 7.92. The van der Waals surface area contributed by atoms with Crippen molar-refractivity contribution in [1.29, 1.82) is 0 Å². The lowest BCUT2D eigenvalue weighted by Gasteiger charge is -2.15. The van der Waals surface area contributed by atoms with Crippen molar-refractivity contribution in [2.75, 3.05) is 6.61 Å². The summed E-state index contributed by atoms with van der Waals surface area (Å²) < 4.78 is 30.2. The van der Waals surface area contributed by atoms with E-state index in [9.17, 15) is 13.2 Å². The monoisotopic (exact) mass is 382 g/mol. The van der Waals surface area contributed by atoms with Crippen LogP contribution >= 0.6 is 11.6 Å². The van der Waals surface area contributed by atoms with Gasteiger partial charge in [0.15, 0.2) is 16.4 Å². The first-order chi connectivity index (χ1) is 11.6. The van der Waals surface area contributed by atoms with Gasteiger partial charge in [0.2, 0.25) is 0 Å². The van der Waals surface area contributed by atoms with Gasteiger partial charge >= 0.3 is 5.97 Å². The topological polar surface area (TPSA) is 80.7 Å². The number of aryl methyl sites for hydroxylation is 1. The van der Waals surface area contributed by atoms with Gasteiger partial charge < -0.3 is 9.84 Å². The zero-order chi connectivity index (χ0) is 18.8. The standard InChI is InChI=1S/C18H19ClO5S/c1-11(2)25(22,23)14-6-4-12(3)15(9-14)16-8-13(19)5-7-17(16)24-10-18(20)21/h4-9,11H,10H2,1-3H3,(H,20,21). The average molecular weight is 383 g/mol. The zero-order valence-corrected chi connectivity index (χ0v) is 15.7. The minimum atomic E-state index is -3.44. The smallest absolute Gasteiger partial charge is 0.341 e. The molecule has 134 valence electrons. The van der Waals surface area contributed by atoms with E-state index in [-0.39, 0.29) is 4.90 Å². The molecular weight excluding hydrogens is 364 g/mol. The maximum absolute atomic E-state index is 12.5. The van der Waals surface area contributed by atoms with E-state index < -0.39 is 27.7 Å². The third-order valence-corrected chi connectivity index (χ3v) is 6.13. The second-order valence-electron chi connectivity index (χ2n) is 5.89. The van der Waals surface area contributed by atoms with Gasteiger partial charge in [-0.05, 0) is 62.2 Å². The molecule has 0 aliphatic carbocycles. The molecule has 0 saturated heterocycles. The number of hydrogen-bond donors (Lipinski definition) is 1. The number of carbonyl (C=O) groups is 1. The highest BCUT2D eigenvalue weighted by Gasteiger charge is 2.21. The van der Waals surface area contributed by atoms with Gasteiger partial charge in [-0.2, -0.15) is 0 Å². The summed E-state index contributed by atoms with van der Waals surface area (Å²) in [5, 5.41) is 8.72. The molecule has 0 aromatic heterocycles. The summed E-state index contributed by atoms with van der Waals surface area (Å²) in [5.41, 5.74) is 2.00. The van der Waals surface area contributed by atoms with Crippen molar-refractivity contribution in [3.05, 3.63) is 47.0 Å². The first-order valence-corrected chi connectivity index (χ1v) is 9.54. The molecule has 0 aliphatic heterocycles. The molecule has 0 aliphatic rings. The molecule has 2 aromatic rings. The third-order valence-electron chi connectivity index (χ3n) is 3.74. The molecule has 0 bridgehead atoms. The maximum atomic E-state index is 12.5. The highest BCUT2D eigenvalue weighted by Crippen LogP contribution is 2.36. The average Bonchev–Trinajstić information content (AvgIpc) is 2.53. The van der Waals surface area contributed by atoms with Crippen molar-refractivity contribution in [3.8, 4) is 16.9 Å². The predicted octanol–water partition coefficient (Wildman–Crippen LogP) is 3.96. The lowest BCUT2D eigenvalue weighted by atomic mass is 10.00. The van der Waals surface area contributed by atoms with Crippen molar-refractivity contribution in [2.45, 2.75) is 30.9 Å². The largest absolute Gasteiger partial charge is 0.481 e. The Labute approximate surface area is 152 Å². The summed E-state index contributed by atoms with van der Waals surface area (Å²) in [6.45, 7) is 4.58. The van der Waals surface area contributed by atoms with Crippen LogP contribution < -0.4 is 4.74 Å². The number of hydrogen-bond acceptors (Lipinski definition) is 4. The normalized spacial score (nSPS) is 11.6. The van der Waals surface area contributed by atoms with E-state index in [0.29, 0.717) is 21.9 Å². The molecule has 0 heterocycles. The number of sulfone groups is 1. The third kappa shape index (κ3) is 4.32. The van der Waals surface area contributed by atoms with Crippen molar-refractivity contribution in [2.24, 2.45) is 0 Å². The Morgan fingerprint density at radius 3 is 2.44 bits per heavy atom. The summed E-state index contributed by atoms with van der Waals surface area (Å²) in [6, 6.07) is 9.65. The van der Waals surface area contributed by atoms with E-state index in [4.69, 9.17) is 21.4 Å². The van der Waals surface area contributed by atoms with E-state index in [1.807, 2.05) is 6.92 Å². The summed E-state index contributed by atoms with van der Waals surface area (Å²) in [7, 11) is -3.44. The Morgan fingerprint density at radius 2 is 1.84 bits per heavy atom. The number of rotatable bonds is 6. The van der Waals surface area contributed by atoms with Crippen molar-refractivity contribution in [1.82, 2.24) is 0 Å². The lowest BCUT2D eigenvalue weighted by Crippen LogP contribution is -2.14. The van der Waals surface area contributed by atoms with Gasteiger partial charge in [-0.3, -0.25) is 0 Å². The van der Waals surface area contributed by atoms with Gasteiger partial charge in [0, 0.05) is 10.6 Å². The van der Waals surface area contributed by atoms with Gasteiger partial charge in [0.25, 0.3) is 0 Å². The van der Waals surface area contributed by atoms with Crippen molar-refractivity contribution in [3.63, 3.8) is 0 Å². The molecule has 2 aromatic carbocycles. The zero-order valence-electron chi connectivity index (χ0n) is 14.1. The Kier molecular flexibility index (Phi) is 5.75. The fourth-order valence-electron chi connectivity index (χ4n) is 2.32. The molecule has 1 N–H and O–H groups in total. The van der Waals surface area contributed by atoms with E-state index >= 15 is 0 Å². The molecule has 0 atom stereocenters. The van der Waals surface area contributed by atoms with Gasteiger partial charge in [0.1, 0.15) is 5.75 Å². The second-order valence-corrected chi connectivity index (χ2v) is 8.83. The lowest BCUT2D eigenvalue weighted by molar-refractivity contribution is -0.139. The first kappa shape index (κ1) is 19.3. The van der Waals surface area contributed by atoms with E-state index in [1.54, 1.807) is 50.2 Å². The summed E-state index contributed by atoms with van der Waals surface area (Å²) in [5.74, 6) is -0.775. The van der Waals surface area contributed by atoms with Gasteiger partial charge in [-0.25, -0.2) is 13.2 Å². The second kappa shape index (κ2) is 7.45. The number of ether oxygens (including phenoxy) is 1. The minimum Gasteiger partial charge on any atom is -0.481 e. The van der Waals surface area contributed by atoms with Crippen LogP contribution in [0, 0.1) is 6.92 Å². The molecule has 25 heavy (non-hydrogen) atoms. The predicted molar refractivity (Wildman–Crippen MR) is 97.1 cm³/mol. The number of carboxylic acids is 1. The van der Waals surface area contributed by atoms with Crippen LogP contribution in [0.25, 0.3) is 11.1 Å². The quantitative estimate of drug-likeness (QED) is 0.817. The Morgan fingerprint density at radius 1 is 1.16 bits per heavy atom. The van der Waals surface area contributed by atoms with Gasteiger partial charge in [-0.1, -0.05) is 17.7 Å². The SMILES string of the molecule is Cc1ccc(S(=O)(=O)C(C)C)cc1-c1cc(Cl)ccc1OCC(=O)O. The molecule has 0 saturated carbocycles. The Balaban J connectivity index is 2.62. The van der Waals surface area contributed by atoms with Crippen LogP contribution in [0.15, 0.2) is 41.3 Å². The molecule has 0 radical (unpaired) electrons. The van der Waals surface area contributed by atoms with Crippen LogP contribution in [0.3, 0.4) is 0 Å². The molecule has 5 nitrogen and oxygen atoms in total. The maximum Gasteiger partial charge on any atom is 0.341 e. The molecule has 0 amide bonds. The molecule has 0 spiro atoms. The number of benzene rings is 2. The Bertz CT molecular complexity index is 904. The summed E-state index contributed by atoms with van der Waals surface area (Å²) in [6.07, 6.45) is 0. The summed E-state index contributed by atoms with van der Waals surface area (Å²) in [4.78, 5) is 11.0. The first-order valence-electron chi connectivity index (χ1n) is 7.62. The molecule has 7 heteroatoms. The Hall–Kier alpha value is -2.05. The molecular formula is C18H19ClO5S. The van der Waals surface area contributed by atoms with Crippen LogP contribution in [0.4, 0.5) is 0 Å². The van der Waals surface area contributed by atoms with E-state index in [2.05, 4.69) is 0 Å². The number of halogens is 1. The fourth-order valence-corrected chi connectivity index (χ4v) is 3.57. The van der Waals surface area contributed by atoms with Crippen LogP contribution in [0.1, 0.15) is 19.4 Å². The van der Waals surface area contributed by atoms with Gasteiger partial charge in [-0.15, -0.1) is 0 Å². The van der Waals surface area contributed by atoms with Crippen LogP contribution in [0.2, 0.25) is 5.02 Å². The number of aliphatic carboxylic acids is 1. The fraction of sp³-hybridized carbons (Fsp3) is 0.278.